The van der Waals surface area contributed by atoms with Gasteiger partial charge in [0.1, 0.15) is 6.10 Å². The van der Waals surface area contributed by atoms with Crippen LogP contribution in [0, 0.1) is 17.8 Å². The molecule has 6 unspecified atom stereocenters. The number of phenolic OH excluding ortho intramolecular Hbond substituents is 4. The summed E-state index contributed by atoms with van der Waals surface area (Å²) >= 11 is 0. The zero-order chi connectivity index (χ0) is 30.0. The van der Waals surface area contributed by atoms with E-state index >= 15 is 0 Å². The summed E-state index contributed by atoms with van der Waals surface area (Å²) in [7, 11) is 2.26. The summed E-state index contributed by atoms with van der Waals surface area (Å²) in [5, 5.41) is 49.7. The number of Topliss-reactive ketones (excluding diaryl/α,β-unsaturated/α-hetero) is 1. The molecule has 12 heteroatoms. The molecular weight excluding hydrogens is 540 g/mol. The van der Waals surface area contributed by atoms with Crippen LogP contribution in [0.2, 0.25) is 0 Å². The van der Waals surface area contributed by atoms with Crippen molar-refractivity contribution in [1.82, 2.24) is 0 Å². The lowest BCUT2D eigenvalue weighted by atomic mass is 9.56. The Balaban J connectivity index is 1.61. The average Bonchev–Trinajstić information content (AvgIpc) is 2.95. The monoisotopic (exact) mass is 568 g/mol. The number of methoxy groups -OCH3 is 2. The van der Waals surface area contributed by atoms with Gasteiger partial charge in [-0.2, -0.15) is 0 Å². The smallest absolute Gasteiger partial charge is 0.347 e. The minimum absolute atomic E-state index is 0.174. The van der Waals surface area contributed by atoms with Crippen molar-refractivity contribution in [3.63, 3.8) is 0 Å². The molecule has 0 aromatic heterocycles. The summed E-state index contributed by atoms with van der Waals surface area (Å²) in [6, 6.07) is 7.75. The summed E-state index contributed by atoms with van der Waals surface area (Å²) in [6.45, 7) is 0. The summed E-state index contributed by atoms with van der Waals surface area (Å²) < 4.78 is 14.9. The van der Waals surface area contributed by atoms with Crippen molar-refractivity contribution in [3.8, 4) is 23.0 Å². The quantitative estimate of drug-likeness (QED) is 0.133. The average molecular weight is 569 g/mol. The third kappa shape index (κ3) is 5.73. The molecule has 0 heterocycles. The van der Waals surface area contributed by atoms with Gasteiger partial charge in [-0.3, -0.25) is 9.59 Å². The highest BCUT2D eigenvalue weighted by atomic mass is 16.6. The van der Waals surface area contributed by atoms with Gasteiger partial charge in [-0.1, -0.05) is 24.3 Å². The zero-order valence-electron chi connectivity index (χ0n) is 22.0. The molecule has 1 saturated carbocycles. The van der Waals surface area contributed by atoms with Crippen molar-refractivity contribution < 1.29 is 58.9 Å². The summed E-state index contributed by atoms with van der Waals surface area (Å²) in [6.07, 6.45) is 0.595. The van der Waals surface area contributed by atoms with E-state index in [1.54, 1.807) is 0 Å². The molecule has 0 aliphatic heterocycles. The van der Waals surface area contributed by atoms with Gasteiger partial charge in [0.15, 0.2) is 28.8 Å². The lowest BCUT2D eigenvalue weighted by molar-refractivity contribution is -0.162. The molecule has 2 bridgehead atoms. The standard InChI is InChI=1S/C29H28O12/c1-39-28(37)21(10-13-3-6-17(30)19(32)9-13)41-22(34)8-5-14-11-16-23(15-4-7-18(31)20(33)12-15)25(29(38)40-2)24(14)27(36)26(16)35/h3-9,11-12,16,21,23-25,27,30-33,36H,10H2,1-2H3. The second-order valence-electron chi connectivity index (χ2n) is 9.70. The maximum absolute atomic E-state index is 13.0. The van der Waals surface area contributed by atoms with Crippen LogP contribution in [0.4, 0.5) is 0 Å². The topological polar surface area (TPSA) is 197 Å². The van der Waals surface area contributed by atoms with Crippen molar-refractivity contribution in [3.05, 3.63) is 71.3 Å². The SMILES string of the molecule is COC(=O)C(Cc1ccc(O)c(O)c1)OC(=O)C=CC1=CC2C(=O)C(O)C1C(C(=O)OC)C2c1ccc(O)c(O)c1. The molecule has 5 rings (SSSR count). The van der Waals surface area contributed by atoms with Crippen LogP contribution in [0.3, 0.4) is 0 Å². The van der Waals surface area contributed by atoms with Crippen molar-refractivity contribution >= 4 is 23.7 Å². The molecule has 1 fully saturated rings. The van der Waals surface area contributed by atoms with Crippen LogP contribution in [0.5, 0.6) is 23.0 Å². The number of aliphatic hydroxyl groups is 1. The Labute approximate surface area is 233 Å². The van der Waals surface area contributed by atoms with E-state index in [2.05, 4.69) is 0 Å². The Morgan fingerprint density at radius 1 is 0.902 bits per heavy atom. The van der Waals surface area contributed by atoms with Crippen molar-refractivity contribution in [2.24, 2.45) is 17.8 Å². The first-order valence-corrected chi connectivity index (χ1v) is 12.5. The zero-order valence-corrected chi connectivity index (χ0v) is 22.0. The van der Waals surface area contributed by atoms with Crippen LogP contribution in [0.15, 0.2) is 60.2 Å². The largest absolute Gasteiger partial charge is 0.504 e. The van der Waals surface area contributed by atoms with Gasteiger partial charge in [-0.15, -0.1) is 0 Å². The predicted molar refractivity (Wildman–Crippen MR) is 139 cm³/mol. The number of ether oxygens (including phenoxy) is 3. The number of fused-ring (bicyclic) bond motifs is 2. The van der Waals surface area contributed by atoms with E-state index in [0.717, 1.165) is 20.3 Å². The normalized spacial score (nSPS) is 24.0. The van der Waals surface area contributed by atoms with E-state index in [1.807, 2.05) is 0 Å². The maximum atomic E-state index is 13.0. The molecule has 0 amide bonds. The first kappa shape index (κ1) is 29.2. The van der Waals surface area contributed by atoms with E-state index in [0.29, 0.717) is 11.1 Å². The van der Waals surface area contributed by atoms with Crippen molar-refractivity contribution in [2.75, 3.05) is 14.2 Å². The highest BCUT2D eigenvalue weighted by molar-refractivity contribution is 5.95. The van der Waals surface area contributed by atoms with Crippen LogP contribution in [-0.4, -0.2) is 75.7 Å². The molecule has 12 nitrogen and oxygen atoms in total. The van der Waals surface area contributed by atoms with Gasteiger partial charge in [-0.05, 0) is 41.0 Å². The van der Waals surface area contributed by atoms with Gasteiger partial charge in [0, 0.05) is 30.3 Å². The summed E-state index contributed by atoms with van der Waals surface area (Å²) in [5.41, 5.74) is 1.02. The lowest BCUT2D eigenvalue weighted by Gasteiger charge is -2.47. The molecule has 41 heavy (non-hydrogen) atoms. The van der Waals surface area contributed by atoms with E-state index in [9.17, 15) is 44.7 Å². The van der Waals surface area contributed by atoms with Gasteiger partial charge >= 0.3 is 17.9 Å². The van der Waals surface area contributed by atoms with Gasteiger partial charge in [-0.25, -0.2) is 9.59 Å². The molecular formula is C29H28O12. The van der Waals surface area contributed by atoms with Gasteiger partial charge in [0.05, 0.1) is 20.1 Å². The molecule has 3 aliphatic rings. The second kappa shape index (κ2) is 11.7. The Morgan fingerprint density at radius 3 is 2.17 bits per heavy atom. The van der Waals surface area contributed by atoms with E-state index < -0.39 is 71.1 Å². The maximum Gasteiger partial charge on any atom is 0.347 e. The van der Waals surface area contributed by atoms with Gasteiger partial charge < -0.3 is 39.7 Å². The molecule has 0 spiro atoms. The Hall–Kier alpha value is -4.84. The number of rotatable bonds is 8. The number of hydrogen-bond acceptors (Lipinski definition) is 12. The van der Waals surface area contributed by atoms with Crippen LogP contribution in [0.1, 0.15) is 17.0 Å². The second-order valence-corrected chi connectivity index (χ2v) is 9.70. The van der Waals surface area contributed by atoms with Crippen LogP contribution >= 0.6 is 0 Å². The third-order valence-corrected chi connectivity index (χ3v) is 7.33. The third-order valence-electron chi connectivity index (χ3n) is 7.33. The first-order valence-electron chi connectivity index (χ1n) is 12.5. The number of benzene rings is 2. The van der Waals surface area contributed by atoms with Gasteiger partial charge in [0.25, 0.3) is 0 Å². The number of ketones is 1. The van der Waals surface area contributed by atoms with Crippen LogP contribution < -0.4 is 0 Å². The molecule has 5 N–H and O–H groups in total. The molecule has 216 valence electrons. The van der Waals surface area contributed by atoms with E-state index in [4.69, 9.17) is 14.2 Å². The Kier molecular flexibility index (Phi) is 8.33. The number of aliphatic hydroxyl groups excluding tert-OH is 1. The summed E-state index contributed by atoms with van der Waals surface area (Å²) in [4.78, 5) is 50.8. The highest BCUT2D eigenvalue weighted by Gasteiger charge is 2.56. The number of esters is 3. The minimum Gasteiger partial charge on any atom is -0.504 e. The van der Waals surface area contributed by atoms with Gasteiger partial charge in [0.2, 0.25) is 6.10 Å². The fraction of sp³-hybridized carbons (Fsp3) is 0.310. The minimum atomic E-state index is -1.59. The molecule has 3 aliphatic carbocycles. The molecule has 2 aromatic rings. The fourth-order valence-electron chi connectivity index (χ4n) is 5.40. The van der Waals surface area contributed by atoms with E-state index in [-0.39, 0.29) is 23.5 Å². The van der Waals surface area contributed by atoms with Crippen LogP contribution in [0.25, 0.3) is 0 Å². The van der Waals surface area contributed by atoms with E-state index in [1.165, 1.54) is 48.6 Å². The molecule has 0 saturated heterocycles. The predicted octanol–water partition coefficient (Wildman–Crippen LogP) is 1.38. The van der Waals surface area contributed by atoms with Crippen molar-refractivity contribution in [2.45, 2.75) is 24.5 Å². The number of phenols is 4. The Morgan fingerprint density at radius 2 is 1.56 bits per heavy atom. The first-order chi connectivity index (χ1) is 19.5. The number of carbonyl (C=O) groups is 4. The van der Waals surface area contributed by atoms with Crippen molar-refractivity contribution in [1.29, 1.82) is 0 Å². The molecule has 0 radical (unpaired) electrons. The highest BCUT2D eigenvalue weighted by Crippen LogP contribution is 2.52. The molecule has 6 atom stereocenters. The number of allylic oxidation sites excluding steroid dienone is 2. The number of aromatic hydroxyl groups is 4. The molecule has 2 aromatic carbocycles. The Bertz CT molecular complexity index is 1440. The number of hydrogen-bond donors (Lipinski definition) is 5. The van der Waals surface area contributed by atoms with Crippen LogP contribution in [-0.2, 0) is 39.8 Å². The fourth-order valence-corrected chi connectivity index (χ4v) is 5.40. The summed E-state index contributed by atoms with van der Waals surface area (Å²) in [5.74, 6) is -8.80. The number of carbonyl (C=O) groups excluding carboxylic acids is 4. The lowest BCUT2D eigenvalue weighted by Crippen LogP contribution is -2.55.